The van der Waals surface area contributed by atoms with Crippen LogP contribution in [0.4, 0.5) is 0 Å². The molecule has 3 heteroatoms. The molecule has 1 amide bonds. The van der Waals surface area contributed by atoms with Gasteiger partial charge in [0, 0.05) is 5.41 Å². The van der Waals surface area contributed by atoms with Gasteiger partial charge in [-0.1, -0.05) is 34.1 Å². The first-order valence-electron chi connectivity index (χ1n) is 5.10. The highest BCUT2D eigenvalue weighted by molar-refractivity contribution is 5.89. The third-order valence-corrected chi connectivity index (χ3v) is 2.05. The van der Waals surface area contributed by atoms with Gasteiger partial charge in [0.05, 0.1) is 6.04 Å². The number of hydrogen-bond donors (Lipinski definition) is 1. The van der Waals surface area contributed by atoms with Crippen LogP contribution in [0.5, 0.6) is 0 Å². The first-order chi connectivity index (χ1) is 6.29. The highest BCUT2D eigenvalue weighted by atomic mass is 16.2. The maximum absolute atomic E-state index is 11.6. The molecular formula is C11H21NO2. The van der Waals surface area contributed by atoms with E-state index < -0.39 is 5.41 Å². The average molecular weight is 199 g/mol. The molecule has 0 bridgehead atoms. The molecule has 0 aliphatic rings. The van der Waals surface area contributed by atoms with Crippen LogP contribution in [0.2, 0.25) is 0 Å². The van der Waals surface area contributed by atoms with Gasteiger partial charge in [-0.15, -0.1) is 0 Å². The van der Waals surface area contributed by atoms with Crippen molar-refractivity contribution < 1.29 is 9.59 Å². The Morgan fingerprint density at radius 2 is 1.79 bits per heavy atom. The van der Waals surface area contributed by atoms with Gasteiger partial charge in [-0.2, -0.15) is 0 Å². The van der Waals surface area contributed by atoms with Crippen molar-refractivity contribution in [2.75, 3.05) is 0 Å². The molecule has 0 aromatic carbocycles. The van der Waals surface area contributed by atoms with E-state index in [1.165, 1.54) is 6.92 Å². The molecule has 0 aromatic rings. The molecule has 82 valence electrons. The molecule has 0 aromatic heterocycles. The quantitative estimate of drug-likeness (QED) is 0.751. The van der Waals surface area contributed by atoms with Crippen molar-refractivity contribution in [3.05, 3.63) is 0 Å². The van der Waals surface area contributed by atoms with Gasteiger partial charge in [-0.05, 0) is 13.3 Å². The lowest BCUT2D eigenvalue weighted by Gasteiger charge is -2.22. The summed E-state index contributed by atoms with van der Waals surface area (Å²) in [5.74, 6) is -0.0319. The first kappa shape index (κ1) is 13.1. The van der Waals surface area contributed by atoms with E-state index in [4.69, 9.17) is 0 Å². The fourth-order valence-corrected chi connectivity index (χ4v) is 1.04. The zero-order chi connectivity index (χ0) is 11.4. The van der Waals surface area contributed by atoms with E-state index in [1.54, 1.807) is 0 Å². The summed E-state index contributed by atoms with van der Waals surface area (Å²) in [6.07, 6.45) is 1.62. The Morgan fingerprint density at radius 3 is 2.07 bits per heavy atom. The number of hydrogen-bond acceptors (Lipinski definition) is 2. The van der Waals surface area contributed by atoms with Crippen LogP contribution in [0.3, 0.4) is 0 Å². The summed E-state index contributed by atoms with van der Waals surface area (Å²) in [4.78, 5) is 22.8. The number of nitrogens with one attached hydrogen (secondary N) is 1. The Hall–Kier alpha value is -0.860. The minimum absolute atomic E-state index is 0.0319. The maximum Gasteiger partial charge on any atom is 0.225 e. The van der Waals surface area contributed by atoms with Crippen LogP contribution < -0.4 is 5.32 Å². The SMILES string of the molecule is CCCC(NC(=O)C(C)(C)C)C(C)=O. The summed E-state index contributed by atoms with van der Waals surface area (Å²) in [5, 5.41) is 2.77. The summed E-state index contributed by atoms with van der Waals surface area (Å²) in [6, 6.07) is -0.313. The van der Waals surface area contributed by atoms with Gasteiger partial charge in [0.2, 0.25) is 5.91 Å². The third kappa shape index (κ3) is 4.40. The number of rotatable bonds is 4. The smallest absolute Gasteiger partial charge is 0.225 e. The van der Waals surface area contributed by atoms with Crippen molar-refractivity contribution in [1.82, 2.24) is 5.32 Å². The van der Waals surface area contributed by atoms with Crippen LogP contribution in [0.15, 0.2) is 0 Å². The molecule has 14 heavy (non-hydrogen) atoms. The van der Waals surface area contributed by atoms with E-state index in [0.29, 0.717) is 0 Å². The van der Waals surface area contributed by atoms with Gasteiger partial charge in [0.25, 0.3) is 0 Å². The van der Waals surface area contributed by atoms with Crippen molar-refractivity contribution in [3.8, 4) is 0 Å². The van der Waals surface area contributed by atoms with Gasteiger partial charge in [0.15, 0.2) is 5.78 Å². The van der Waals surface area contributed by atoms with Crippen LogP contribution in [-0.4, -0.2) is 17.7 Å². The van der Waals surface area contributed by atoms with Crippen molar-refractivity contribution in [3.63, 3.8) is 0 Å². The van der Waals surface area contributed by atoms with Gasteiger partial charge >= 0.3 is 0 Å². The topological polar surface area (TPSA) is 46.2 Å². The molecule has 0 rings (SSSR count). The van der Waals surface area contributed by atoms with Crippen LogP contribution >= 0.6 is 0 Å². The Kier molecular flexibility index (Phi) is 4.81. The maximum atomic E-state index is 11.6. The number of Topliss-reactive ketones (excluding diaryl/α,β-unsaturated/α-hetero) is 1. The molecular weight excluding hydrogens is 178 g/mol. The fourth-order valence-electron chi connectivity index (χ4n) is 1.04. The highest BCUT2D eigenvalue weighted by Gasteiger charge is 2.25. The average Bonchev–Trinajstić information content (AvgIpc) is 2.01. The lowest BCUT2D eigenvalue weighted by Crippen LogP contribution is -2.44. The van der Waals surface area contributed by atoms with E-state index >= 15 is 0 Å². The summed E-state index contributed by atoms with van der Waals surface area (Å²) >= 11 is 0. The monoisotopic (exact) mass is 199 g/mol. The molecule has 0 fully saturated rings. The number of amides is 1. The Balaban J connectivity index is 4.31. The van der Waals surface area contributed by atoms with E-state index in [0.717, 1.165) is 12.8 Å². The van der Waals surface area contributed by atoms with Crippen molar-refractivity contribution >= 4 is 11.7 Å². The van der Waals surface area contributed by atoms with E-state index in [-0.39, 0.29) is 17.7 Å². The van der Waals surface area contributed by atoms with E-state index in [1.807, 2.05) is 27.7 Å². The second kappa shape index (κ2) is 5.13. The van der Waals surface area contributed by atoms with Crippen LogP contribution in [0.1, 0.15) is 47.5 Å². The largest absolute Gasteiger partial charge is 0.346 e. The first-order valence-corrected chi connectivity index (χ1v) is 5.10. The molecule has 1 N–H and O–H groups in total. The lowest BCUT2D eigenvalue weighted by molar-refractivity contribution is -0.132. The molecule has 0 radical (unpaired) electrons. The van der Waals surface area contributed by atoms with Gasteiger partial charge in [-0.3, -0.25) is 9.59 Å². The molecule has 0 heterocycles. The van der Waals surface area contributed by atoms with E-state index in [2.05, 4.69) is 5.32 Å². The van der Waals surface area contributed by atoms with Gasteiger partial charge in [-0.25, -0.2) is 0 Å². The Labute approximate surface area is 86.3 Å². The second-order valence-corrected chi connectivity index (χ2v) is 4.68. The van der Waals surface area contributed by atoms with Gasteiger partial charge < -0.3 is 5.32 Å². The molecule has 1 unspecified atom stereocenters. The molecule has 0 saturated carbocycles. The normalized spacial score (nSPS) is 13.5. The van der Waals surface area contributed by atoms with Crippen molar-refractivity contribution in [2.24, 2.45) is 5.41 Å². The lowest BCUT2D eigenvalue weighted by atomic mass is 9.94. The zero-order valence-corrected chi connectivity index (χ0v) is 9.81. The Bertz CT molecular complexity index is 216. The summed E-state index contributed by atoms with van der Waals surface area (Å²) in [6.45, 7) is 9.03. The predicted octanol–water partition coefficient (Wildman–Crippen LogP) is 1.91. The highest BCUT2D eigenvalue weighted by Crippen LogP contribution is 2.13. The minimum atomic E-state index is -0.429. The van der Waals surface area contributed by atoms with Crippen molar-refractivity contribution in [1.29, 1.82) is 0 Å². The number of carbonyl (C=O) groups is 2. The Morgan fingerprint density at radius 1 is 1.29 bits per heavy atom. The third-order valence-electron chi connectivity index (χ3n) is 2.05. The summed E-state index contributed by atoms with van der Waals surface area (Å²) in [7, 11) is 0. The van der Waals surface area contributed by atoms with Crippen molar-refractivity contribution in [2.45, 2.75) is 53.5 Å². The molecule has 1 atom stereocenters. The number of ketones is 1. The van der Waals surface area contributed by atoms with Crippen LogP contribution in [-0.2, 0) is 9.59 Å². The molecule has 0 spiro atoms. The zero-order valence-electron chi connectivity index (χ0n) is 9.81. The predicted molar refractivity (Wildman–Crippen MR) is 57.0 cm³/mol. The second-order valence-electron chi connectivity index (χ2n) is 4.68. The van der Waals surface area contributed by atoms with E-state index in [9.17, 15) is 9.59 Å². The van der Waals surface area contributed by atoms with Crippen LogP contribution in [0.25, 0.3) is 0 Å². The molecule has 0 aliphatic heterocycles. The molecule has 0 saturated heterocycles. The van der Waals surface area contributed by atoms with Crippen LogP contribution in [0, 0.1) is 5.41 Å². The number of carbonyl (C=O) groups excluding carboxylic acids is 2. The van der Waals surface area contributed by atoms with Gasteiger partial charge in [0.1, 0.15) is 0 Å². The summed E-state index contributed by atoms with van der Waals surface area (Å²) in [5.41, 5.74) is -0.429. The molecule has 0 aliphatic carbocycles. The summed E-state index contributed by atoms with van der Waals surface area (Å²) < 4.78 is 0. The molecule has 3 nitrogen and oxygen atoms in total. The standard InChI is InChI=1S/C11H21NO2/c1-6-7-9(8(2)13)12-10(14)11(3,4)5/h9H,6-7H2,1-5H3,(H,12,14). The fraction of sp³-hybridized carbons (Fsp3) is 0.818. The minimum Gasteiger partial charge on any atom is -0.346 e.